The molecule has 2 saturated heterocycles. The molecule has 29 heavy (non-hydrogen) atoms. The quantitative estimate of drug-likeness (QED) is 0.607. The second-order valence-corrected chi connectivity index (χ2v) is 8.02. The van der Waals surface area contributed by atoms with Crippen LogP contribution in [-0.2, 0) is 17.6 Å². The topological polar surface area (TPSA) is 68.4 Å². The lowest BCUT2D eigenvalue weighted by atomic mass is 9.90. The second-order valence-electron chi connectivity index (χ2n) is 8.02. The molecule has 0 aromatic heterocycles. The van der Waals surface area contributed by atoms with Crippen molar-refractivity contribution < 1.29 is 4.79 Å². The highest BCUT2D eigenvalue weighted by atomic mass is 16.2. The largest absolute Gasteiger partial charge is 0.367 e. The minimum atomic E-state index is -0.341. The van der Waals surface area contributed by atoms with E-state index in [9.17, 15) is 4.79 Å². The first-order chi connectivity index (χ1) is 14.2. The highest BCUT2D eigenvalue weighted by molar-refractivity contribution is 5.83. The monoisotopic (exact) mass is 393 g/mol. The number of carbonyl (C=O) groups is 1. The zero-order valence-electron chi connectivity index (χ0n) is 17.0. The molecule has 4 rings (SSSR count). The number of rotatable bonds is 6. The molecule has 2 aliphatic rings. The summed E-state index contributed by atoms with van der Waals surface area (Å²) in [4.78, 5) is 15.1. The Bertz CT molecular complexity index is 787. The van der Waals surface area contributed by atoms with Gasteiger partial charge in [0.1, 0.15) is 12.2 Å². The number of hydrogen-bond acceptors (Lipinski definition) is 5. The van der Waals surface area contributed by atoms with E-state index in [0.29, 0.717) is 5.92 Å². The number of aryl methyl sites for hydroxylation is 1. The van der Waals surface area contributed by atoms with Gasteiger partial charge in [0.25, 0.3) is 0 Å². The maximum atomic E-state index is 13.1. The smallest absolute Gasteiger partial charge is 0.244 e. The van der Waals surface area contributed by atoms with Gasteiger partial charge < -0.3 is 10.2 Å². The highest BCUT2D eigenvalue weighted by Gasteiger charge is 2.36. The Hall–Kier alpha value is -2.41. The van der Waals surface area contributed by atoms with E-state index in [-0.39, 0.29) is 18.1 Å². The Kier molecular flexibility index (Phi) is 6.44. The molecule has 1 amide bonds. The molecule has 0 spiro atoms. The van der Waals surface area contributed by atoms with Crippen LogP contribution in [0.3, 0.4) is 0 Å². The minimum Gasteiger partial charge on any atom is -0.367 e. The first-order valence-corrected chi connectivity index (χ1v) is 10.7. The molecule has 2 aliphatic heterocycles. The Balaban J connectivity index is 1.30. The van der Waals surface area contributed by atoms with Gasteiger partial charge >= 0.3 is 0 Å². The molecule has 0 radical (unpaired) electrons. The summed E-state index contributed by atoms with van der Waals surface area (Å²) in [6, 6.07) is 18.7. The molecule has 2 atom stereocenters. The predicted molar refractivity (Wildman–Crippen MR) is 116 cm³/mol. The summed E-state index contributed by atoms with van der Waals surface area (Å²) in [7, 11) is 0. The van der Waals surface area contributed by atoms with Crippen molar-refractivity contribution in [3.05, 3.63) is 65.7 Å². The lowest BCUT2D eigenvalue weighted by molar-refractivity contribution is -0.134. The van der Waals surface area contributed by atoms with Crippen molar-refractivity contribution in [2.75, 3.05) is 18.4 Å². The number of nitrogens with one attached hydrogen (secondary N) is 4. The number of anilines is 1. The average molecular weight is 394 g/mol. The van der Waals surface area contributed by atoms with Crippen LogP contribution in [0.15, 0.2) is 54.6 Å². The van der Waals surface area contributed by atoms with Crippen LogP contribution < -0.4 is 21.7 Å². The van der Waals surface area contributed by atoms with E-state index in [1.165, 1.54) is 11.1 Å². The number of piperidine rings is 1. The van der Waals surface area contributed by atoms with Crippen molar-refractivity contribution in [2.24, 2.45) is 5.92 Å². The zero-order valence-corrected chi connectivity index (χ0v) is 17.0. The molecule has 0 saturated carbocycles. The van der Waals surface area contributed by atoms with Gasteiger partial charge in [0, 0.05) is 18.8 Å². The van der Waals surface area contributed by atoms with Crippen LogP contribution in [-0.4, -0.2) is 36.1 Å². The van der Waals surface area contributed by atoms with Gasteiger partial charge in [0.15, 0.2) is 0 Å². The summed E-state index contributed by atoms with van der Waals surface area (Å²) in [6.07, 6.45) is 4.05. The molecular formula is C23H31N5O. The zero-order chi connectivity index (χ0) is 20.1. The first-order valence-electron chi connectivity index (χ1n) is 10.7. The fraction of sp³-hybridized carbons (Fsp3) is 0.435. The van der Waals surface area contributed by atoms with Crippen LogP contribution in [0.25, 0.3) is 0 Å². The fourth-order valence-corrected chi connectivity index (χ4v) is 4.21. The lowest BCUT2D eigenvalue weighted by Crippen LogP contribution is -2.53. The van der Waals surface area contributed by atoms with Crippen molar-refractivity contribution in [3.63, 3.8) is 0 Å². The summed E-state index contributed by atoms with van der Waals surface area (Å²) in [5, 5.41) is 3.42. The van der Waals surface area contributed by atoms with E-state index < -0.39 is 0 Å². The van der Waals surface area contributed by atoms with Gasteiger partial charge in [-0.25, -0.2) is 10.9 Å². The van der Waals surface area contributed by atoms with Gasteiger partial charge in [0.05, 0.1) is 0 Å². The second kappa shape index (κ2) is 9.39. The van der Waals surface area contributed by atoms with Crippen LogP contribution in [0.1, 0.15) is 30.9 Å². The van der Waals surface area contributed by atoms with E-state index in [1.807, 2.05) is 4.90 Å². The van der Waals surface area contributed by atoms with Crippen molar-refractivity contribution in [3.8, 4) is 0 Å². The molecule has 0 bridgehead atoms. The molecule has 0 aliphatic carbocycles. The van der Waals surface area contributed by atoms with Crippen molar-refractivity contribution in [1.29, 1.82) is 0 Å². The average Bonchev–Trinajstić information content (AvgIpc) is 3.23. The van der Waals surface area contributed by atoms with E-state index >= 15 is 0 Å². The number of likely N-dealkylation sites (tertiary alicyclic amines) is 1. The molecule has 4 N–H and O–H groups in total. The fourth-order valence-electron chi connectivity index (χ4n) is 4.21. The summed E-state index contributed by atoms with van der Waals surface area (Å²) in [5.41, 5.74) is 12.8. The Labute approximate surface area is 173 Å². The summed E-state index contributed by atoms with van der Waals surface area (Å²) in [5.74, 6) is 0.795. The highest BCUT2D eigenvalue weighted by Crippen LogP contribution is 2.23. The van der Waals surface area contributed by atoms with E-state index in [4.69, 9.17) is 0 Å². The first kappa shape index (κ1) is 19.9. The molecule has 2 aromatic rings. The van der Waals surface area contributed by atoms with Gasteiger partial charge in [-0.15, -0.1) is 0 Å². The van der Waals surface area contributed by atoms with Crippen molar-refractivity contribution in [1.82, 2.24) is 21.3 Å². The van der Waals surface area contributed by atoms with Crippen LogP contribution in [0.4, 0.5) is 5.69 Å². The van der Waals surface area contributed by atoms with E-state index in [2.05, 4.69) is 83.2 Å². The maximum absolute atomic E-state index is 13.1. The molecule has 6 nitrogen and oxygen atoms in total. The molecule has 2 heterocycles. The van der Waals surface area contributed by atoms with Crippen molar-refractivity contribution >= 4 is 11.6 Å². The van der Waals surface area contributed by atoms with E-state index in [1.54, 1.807) is 0 Å². The summed E-state index contributed by atoms with van der Waals surface area (Å²) in [6.45, 7) is 3.80. The Morgan fingerprint density at radius 1 is 1.00 bits per heavy atom. The maximum Gasteiger partial charge on any atom is 0.244 e. The molecular weight excluding hydrogens is 362 g/mol. The number of carbonyl (C=O) groups excluding carboxylic acids is 1. The number of benzene rings is 2. The Morgan fingerprint density at radius 2 is 1.72 bits per heavy atom. The van der Waals surface area contributed by atoms with Gasteiger partial charge in [0.2, 0.25) is 5.91 Å². The molecule has 2 fully saturated rings. The number of hydrogen-bond donors (Lipinski definition) is 4. The van der Waals surface area contributed by atoms with Crippen molar-refractivity contribution in [2.45, 2.75) is 44.8 Å². The minimum absolute atomic E-state index is 0.142. The molecule has 2 aromatic carbocycles. The van der Waals surface area contributed by atoms with Gasteiger partial charge in [-0.2, -0.15) is 5.53 Å². The SMILES string of the molecule is CCc1ccc(NC2NNNC2C(=O)N2CCC(Cc3ccccc3)CC2)cc1. The van der Waals surface area contributed by atoms with Crippen LogP contribution in [0.5, 0.6) is 0 Å². The standard InChI is InChI=1S/C23H31N5O/c1-2-17-8-10-20(11-9-17)24-22-21(25-27-26-22)23(29)28-14-12-19(13-15-28)16-18-6-4-3-5-7-18/h3-11,19,21-22,24-27H,2,12-16H2,1H3. The van der Waals surface area contributed by atoms with Gasteiger partial charge in [-0.05, 0) is 54.9 Å². The van der Waals surface area contributed by atoms with Crippen LogP contribution in [0, 0.1) is 5.92 Å². The van der Waals surface area contributed by atoms with Gasteiger partial charge in [-0.1, -0.05) is 49.4 Å². The predicted octanol–water partition coefficient (Wildman–Crippen LogP) is 2.45. The number of nitrogens with zero attached hydrogens (tertiary/aromatic N) is 1. The van der Waals surface area contributed by atoms with Crippen LogP contribution >= 0.6 is 0 Å². The molecule has 2 unspecified atom stereocenters. The lowest BCUT2D eigenvalue weighted by Gasteiger charge is -2.34. The summed E-state index contributed by atoms with van der Waals surface area (Å²) >= 11 is 0. The molecule has 6 heteroatoms. The normalized spacial score (nSPS) is 22.6. The Morgan fingerprint density at radius 3 is 2.41 bits per heavy atom. The van der Waals surface area contributed by atoms with Crippen LogP contribution in [0.2, 0.25) is 0 Å². The number of amides is 1. The van der Waals surface area contributed by atoms with Gasteiger partial charge in [-0.3, -0.25) is 4.79 Å². The third-order valence-corrected chi connectivity index (χ3v) is 6.03. The number of hydrazine groups is 2. The van der Waals surface area contributed by atoms with E-state index in [0.717, 1.165) is 44.5 Å². The third-order valence-electron chi connectivity index (χ3n) is 6.03. The molecule has 154 valence electrons. The third kappa shape index (κ3) is 4.96. The summed E-state index contributed by atoms with van der Waals surface area (Å²) < 4.78 is 0.